The summed E-state index contributed by atoms with van der Waals surface area (Å²) in [5.74, 6) is 0.713. The van der Waals surface area contributed by atoms with E-state index in [1.807, 2.05) is 0 Å². The van der Waals surface area contributed by atoms with Gasteiger partial charge in [-0.1, -0.05) is 19.1 Å². The molecule has 1 aliphatic heterocycles. The quantitative estimate of drug-likeness (QED) is 0.866. The van der Waals surface area contributed by atoms with Crippen molar-refractivity contribution in [3.63, 3.8) is 0 Å². The van der Waals surface area contributed by atoms with Crippen LogP contribution in [0.25, 0.3) is 0 Å². The minimum atomic E-state index is 0.713. The molecule has 18 heavy (non-hydrogen) atoms. The summed E-state index contributed by atoms with van der Waals surface area (Å²) >= 11 is 0. The SMILES string of the molecule is CC(CCCN)CN1CCN(C)c2ccccc21. The van der Waals surface area contributed by atoms with Crippen molar-refractivity contribution < 1.29 is 0 Å². The number of hydrogen-bond acceptors (Lipinski definition) is 3. The summed E-state index contributed by atoms with van der Waals surface area (Å²) in [5, 5.41) is 0. The summed E-state index contributed by atoms with van der Waals surface area (Å²) in [6.07, 6.45) is 2.36. The normalized spacial score (nSPS) is 16.6. The standard InChI is InChI=1S/C15H25N3/c1-13(6-5-9-16)12-18-11-10-17(2)14-7-3-4-8-15(14)18/h3-4,7-8,13H,5-6,9-12,16H2,1-2H3. The Morgan fingerprint density at radius 2 is 1.94 bits per heavy atom. The third-order valence-corrected chi connectivity index (χ3v) is 3.77. The lowest BCUT2D eigenvalue weighted by molar-refractivity contribution is 0.500. The second-order valence-electron chi connectivity index (χ2n) is 5.39. The summed E-state index contributed by atoms with van der Waals surface area (Å²) in [4.78, 5) is 4.87. The molecule has 0 saturated heterocycles. The first-order valence-corrected chi connectivity index (χ1v) is 6.97. The highest BCUT2D eigenvalue weighted by molar-refractivity contribution is 5.73. The molecule has 100 valence electrons. The van der Waals surface area contributed by atoms with Crippen LogP contribution in [0, 0.1) is 5.92 Å². The van der Waals surface area contributed by atoms with Gasteiger partial charge in [0.05, 0.1) is 11.4 Å². The molecule has 0 radical (unpaired) electrons. The van der Waals surface area contributed by atoms with Crippen molar-refractivity contribution in [2.45, 2.75) is 19.8 Å². The zero-order valence-corrected chi connectivity index (χ0v) is 11.6. The van der Waals surface area contributed by atoms with Crippen LogP contribution in [-0.4, -0.2) is 33.2 Å². The molecule has 1 aromatic carbocycles. The van der Waals surface area contributed by atoms with Crippen LogP contribution < -0.4 is 15.5 Å². The molecule has 1 aromatic rings. The van der Waals surface area contributed by atoms with Gasteiger partial charge >= 0.3 is 0 Å². The predicted octanol–water partition coefficient (Wildman–Crippen LogP) is 2.32. The summed E-state index contributed by atoms with van der Waals surface area (Å²) in [5.41, 5.74) is 8.32. The molecule has 3 nitrogen and oxygen atoms in total. The van der Waals surface area contributed by atoms with Crippen LogP contribution in [0.2, 0.25) is 0 Å². The zero-order valence-electron chi connectivity index (χ0n) is 11.6. The number of para-hydroxylation sites is 2. The molecule has 1 atom stereocenters. The van der Waals surface area contributed by atoms with Crippen molar-refractivity contribution in [2.75, 3.05) is 43.0 Å². The summed E-state index contributed by atoms with van der Waals surface area (Å²) < 4.78 is 0. The molecule has 1 unspecified atom stereocenters. The van der Waals surface area contributed by atoms with E-state index in [4.69, 9.17) is 5.73 Å². The summed E-state index contributed by atoms with van der Waals surface area (Å²) in [6.45, 7) is 6.52. The Kier molecular flexibility index (Phi) is 4.48. The lowest BCUT2D eigenvalue weighted by Gasteiger charge is -2.38. The predicted molar refractivity (Wildman–Crippen MR) is 79.4 cm³/mol. The lowest BCUT2D eigenvalue weighted by atomic mass is 10.0. The number of anilines is 2. The molecule has 0 spiro atoms. The van der Waals surface area contributed by atoms with E-state index in [0.29, 0.717) is 5.92 Å². The Labute approximate surface area is 111 Å². The van der Waals surface area contributed by atoms with Crippen LogP contribution in [-0.2, 0) is 0 Å². The molecule has 0 amide bonds. The Morgan fingerprint density at radius 3 is 2.67 bits per heavy atom. The number of benzene rings is 1. The average molecular weight is 247 g/mol. The van der Waals surface area contributed by atoms with Gasteiger partial charge in [-0.25, -0.2) is 0 Å². The highest BCUT2D eigenvalue weighted by atomic mass is 15.2. The Hall–Kier alpha value is -1.22. The number of nitrogens with two attached hydrogens (primary N) is 1. The monoisotopic (exact) mass is 247 g/mol. The van der Waals surface area contributed by atoms with Crippen LogP contribution >= 0.6 is 0 Å². The Morgan fingerprint density at radius 1 is 1.22 bits per heavy atom. The van der Waals surface area contributed by atoms with Crippen molar-refractivity contribution in [3.8, 4) is 0 Å². The van der Waals surface area contributed by atoms with Gasteiger partial charge < -0.3 is 15.5 Å². The van der Waals surface area contributed by atoms with Crippen LogP contribution in [0.15, 0.2) is 24.3 Å². The first kappa shape index (κ1) is 13.2. The van der Waals surface area contributed by atoms with E-state index in [9.17, 15) is 0 Å². The maximum absolute atomic E-state index is 5.58. The van der Waals surface area contributed by atoms with Crippen LogP contribution in [0.3, 0.4) is 0 Å². The third kappa shape index (κ3) is 2.96. The average Bonchev–Trinajstić information content (AvgIpc) is 2.40. The number of hydrogen-bond donors (Lipinski definition) is 1. The van der Waals surface area contributed by atoms with Crippen LogP contribution in [0.1, 0.15) is 19.8 Å². The number of rotatable bonds is 5. The van der Waals surface area contributed by atoms with Crippen molar-refractivity contribution in [3.05, 3.63) is 24.3 Å². The Bertz CT molecular complexity index is 378. The van der Waals surface area contributed by atoms with E-state index < -0.39 is 0 Å². The zero-order chi connectivity index (χ0) is 13.0. The van der Waals surface area contributed by atoms with Crippen LogP contribution in [0.4, 0.5) is 11.4 Å². The van der Waals surface area contributed by atoms with Gasteiger partial charge in [0.2, 0.25) is 0 Å². The van der Waals surface area contributed by atoms with Crippen LogP contribution in [0.5, 0.6) is 0 Å². The van der Waals surface area contributed by atoms with E-state index in [-0.39, 0.29) is 0 Å². The van der Waals surface area contributed by atoms with E-state index >= 15 is 0 Å². The molecule has 0 saturated carbocycles. The van der Waals surface area contributed by atoms with Crippen molar-refractivity contribution in [2.24, 2.45) is 11.7 Å². The van der Waals surface area contributed by atoms with Crippen molar-refractivity contribution in [1.82, 2.24) is 0 Å². The summed E-state index contributed by atoms with van der Waals surface area (Å²) in [7, 11) is 2.17. The summed E-state index contributed by atoms with van der Waals surface area (Å²) in [6, 6.07) is 8.71. The van der Waals surface area contributed by atoms with E-state index in [2.05, 4.69) is 48.0 Å². The topological polar surface area (TPSA) is 32.5 Å². The van der Waals surface area contributed by atoms with Gasteiger partial charge in [0.15, 0.2) is 0 Å². The fourth-order valence-electron chi connectivity index (χ4n) is 2.69. The lowest BCUT2D eigenvalue weighted by Crippen LogP contribution is -2.41. The molecule has 3 heteroatoms. The molecule has 0 bridgehead atoms. The van der Waals surface area contributed by atoms with E-state index in [1.54, 1.807) is 0 Å². The van der Waals surface area contributed by atoms with E-state index in [1.165, 1.54) is 17.8 Å². The second kappa shape index (κ2) is 6.10. The van der Waals surface area contributed by atoms with Crippen molar-refractivity contribution in [1.29, 1.82) is 0 Å². The van der Waals surface area contributed by atoms with Gasteiger partial charge in [0.1, 0.15) is 0 Å². The van der Waals surface area contributed by atoms with Gasteiger partial charge in [-0.15, -0.1) is 0 Å². The molecule has 0 fully saturated rings. The fraction of sp³-hybridized carbons (Fsp3) is 0.600. The molecule has 0 aromatic heterocycles. The molecular formula is C15H25N3. The smallest absolute Gasteiger partial charge is 0.0604 e. The number of likely N-dealkylation sites (N-methyl/N-ethyl adjacent to an activating group) is 1. The van der Waals surface area contributed by atoms with Gasteiger partial charge in [-0.3, -0.25) is 0 Å². The molecule has 1 aliphatic rings. The largest absolute Gasteiger partial charge is 0.371 e. The molecule has 2 rings (SSSR count). The van der Waals surface area contributed by atoms with Gasteiger partial charge in [0, 0.05) is 26.7 Å². The maximum atomic E-state index is 5.58. The van der Waals surface area contributed by atoms with Gasteiger partial charge in [0.25, 0.3) is 0 Å². The maximum Gasteiger partial charge on any atom is 0.0604 e. The fourth-order valence-corrected chi connectivity index (χ4v) is 2.69. The second-order valence-corrected chi connectivity index (χ2v) is 5.39. The Balaban J connectivity index is 2.04. The van der Waals surface area contributed by atoms with Gasteiger partial charge in [-0.05, 0) is 37.4 Å². The molecule has 2 N–H and O–H groups in total. The van der Waals surface area contributed by atoms with Gasteiger partial charge in [-0.2, -0.15) is 0 Å². The number of fused-ring (bicyclic) bond motifs is 1. The minimum Gasteiger partial charge on any atom is -0.371 e. The van der Waals surface area contributed by atoms with E-state index in [0.717, 1.165) is 32.6 Å². The number of nitrogens with zero attached hydrogens (tertiary/aromatic N) is 2. The third-order valence-electron chi connectivity index (χ3n) is 3.77. The first-order valence-electron chi connectivity index (χ1n) is 6.97. The minimum absolute atomic E-state index is 0.713. The highest BCUT2D eigenvalue weighted by Crippen LogP contribution is 2.32. The molecule has 0 aliphatic carbocycles. The highest BCUT2D eigenvalue weighted by Gasteiger charge is 2.20. The van der Waals surface area contributed by atoms with Crippen molar-refractivity contribution >= 4 is 11.4 Å². The first-order chi connectivity index (χ1) is 8.72. The molecular weight excluding hydrogens is 222 g/mol. The molecule has 1 heterocycles.